The first-order chi connectivity index (χ1) is 11.3. The number of amides is 2. The van der Waals surface area contributed by atoms with Crippen molar-refractivity contribution in [2.24, 2.45) is 0 Å². The summed E-state index contributed by atoms with van der Waals surface area (Å²) in [6, 6.07) is 6.36. The second-order valence-corrected chi connectivity index (χ2v) is 6.19. The van der Waals surface area contributed by atoms with Gasteiger partial charge in [-0.1, -0.05) is 0 Å². The van der Waals surface area contributed by atoms with Crippen LogP contribution in [-0.2, 0) is 9.53 Å². The van der Waals surface area contributed by atoms with Crippen molar-refractivity contribution in [1.29, 1.82) is 0 Å². The Balaban J connectivity index is 2.09. The minimum atomic E-state index is -1.08. The summed E-state index contributed by atoms with van der Waals surface area (Å²) in [5.41, 5.74) is 0.883. The molecule has 1 aliphatic rings. The van der Waals surface area contributed by atoms with Gasteiger partial charge in [-0.05, 0) is 45.0 Å². The van der Waals surface area contributed by atoms with Crippen LogP contribution in [0.2, 0.25) is 0 Å². The predicted octanol–water partition coefficient (Wildman–Crippen LogP) is 1.14. The number of carbonyl (C=O) groups is 3. The minimum absolute atomic E-state index is 0.00803. The van der Waals surface area contributed by atoms with Crippen LogP contribution in [0.15, 0.2) is 24.3 Å². The fraction of sp³-hybridized carbons (Fsp3) is 0.471. The van der Waals surface area contributed by atoms with Crippen LogP contribution in [0.3, 0.4) is 0 Å². The molecule has 0 radical (unpaired) electrons. The van der Waals surface area contributed by atoms with Gasteiger partial charge in [-0.2, -0.15) is 0 Å². The number of nitrogens with zero attached hydrogens (tertiary/aromatic N) is 1. The number of aliphatic carboxylic acids is 1. The maximum absolute atomic E-state index is 12.5. The van der Waals surface area contributed by atoms with Crippen molar-refractivity contribution in [1.82, 2.24) is 10.2 Å². The van der Waals surface area contributed by atoms with E-state index in [1.165, 1.54) is 4.90 Å². The zero-order valence-corrected chi connectivity index (χ0v) is 14.0. The molecule has 0 aromatic heterocycles. The molecule has 1 unspecified atom stereocenters. The number of benzene rings is 1. The highest BCUT2D eigenvalue weighted by Gasteiger charge is 2.33. The Morgan fingerprint density at radius 1 is 1.17 bits per heavy atom. The Kier molecular flexibility index (Phi) is 5.56. The highest BCUT2D eigenvalue weighted by atomic mass is 16.5. The van der Waals surface area contributed by atoms with Gasteiger partial charge in [0.2, 0.25) is 0 Å². The lowest BCUT2D eigenvalue weighted by Gasteiger charge is -2.35. The Morgan fingerprint density at radius 3 is 2.29 bits per heavy atom. The molecular weight excluding hydrogens is 312 g/mol. The summed E-state index contributed by atoms with van der Waals surface area (Å²) in [7, 11) is 0. The van der Waals surface area contributed by atoms with Gasteiger partial charge in [0.15, 0.2) is 6.10 Å². The van der Waals surface area contributed by atoms with Crippen molar-refractivity contribution in [3.05, 3.63) is 35.4 Å². The van der Waals surface area contributed by atoms with Crippen LogP contribution < -0.4 is 5.32 Å². The van der Waals surface area contributed by atoms with Gasteiger partial charge in [0.05, 0.1) is 12.6 Å². The summed E-state index contributed by atoms with van der Waals surface area (Å²) in [5.74, 6) is -1.55. The first kappa shape index (κ1) is 17.9. The molecule has 24 heavy (non-hydrogen) atoms. The number of morpholine rings is 1. The molecule has 1 aliphatic heterocycles. The summed E-state index contributed by atoms with van der Waals surface area (Å²) in [5, 5.41) is 11.9. The van der Waals surface area contributed by atoms with E-state index in [2.05, 4.69) is 5.32 Å². The first-order valence-corrected chi connectivity index (χ1v) is 7.86. The summed E-state index contributed by atoms with van der Waals surface area (Å²) in [6.45, 7) is 5.81. The lowest BCUT2D eigenvalue weighted by molar-refractivity contribution is -0.160. The van der Waals surface area contributed by atoms with E-state index in [-0.39, 0.29) is 30.5 Å². The molecule has 1 fully saturated rings. The molecule has 2 rings (SSSR count). The van der Waals surface area contributed by atoms with Crippen molar-refractivity contribution >= 4 is 17.8 Å². The molecule has 0 spiro atoms. The lowest BCUT2D eigenvalue weighted by Crippen LogP contribution is -2.51. The van der Waals surface area contributed by atoms with Crippen LogP contribution in [0, 0.1) is 0 Å². The van der Waals surface area contributed by atoms with Crippen molar-refractivity contribution < 1.29 is 24.2 Å². The van der Waals surface area contributed by atoms with Crippen LogP contribution in [0.25, 0.3) is 0 Å². The number of hydrogen-bond donors (Lipinski definition) is 2. The number of carboxylic acids is 1. The second kappa shape index (κ2) is 7.44. The third-order valence-electron chi connectivity index (χ3n) is 3.64. The van der Waals surface area contributed by atoms with E-state index in [1.54, 1.807) is 31.2 Å². The monoisotopic (exact) mass is 334 g/mol. The number of nitrogens with one attached hydrogen (secondary N) is 1. The van der Waals surface area contributed by atoms with Gasteiger partial charge in [-0.3, -0.25) is 9.59 Å². The van der Waals surface area contributed by atoms with Crippen molar-refractivity contribution in [3.63, 3.8) is 0 Å². The standard InChI is InChI=1S/C17H22N2O5/c1-10(2)18-15(20)12-4-6-13(7-5-12)16(21)19-8-11(3)24-14(9-19)17(22)23/h4-7,10-11,14H,8-9H2,1-3H3,(H,18,20)(H,22,23)/t11-,14?/m1/s1. The van der Waals surface area contributed by atoms with E-state index in [4.69, 9.17) is 9.84 Å². The van der Waals surface area contributed by atoms with Gasteiger partial charge in [-0.15, -0.1) is 0 Å². The third-order valence-corrected chi connectivity index (χ3v) is 3.64. The Morgan fingerprint density at radius 2 is 1.75 bits per heavy atom. The van der Waals surface area contributed by atoms with E-state index in [9.17, 15) is 14.4 Å². The number of carboxylic acid groups (broad SMARTS) is 1. The van der Waals surface area contributed by atoms with E-state index < -0.39 is 12.1 Å². The lowest BCUT2D eigenvalue weighted by atomic mass is 10.1. The van der Waals surface area contributed by atoms with Crippen molar-refractivity contribution in [2.75, 3.05) is 13.1 Å². The molecule has 2 atom stereocenters. The molecule has 1 saturated heterocycles. The average molecular weight is 334 g/mol. The SMILES string of the molecule is CC(C)NC(=O)c1ccc(C(=O)N2CC(C(=O)O)O[C@H](C)C2)cc1. The molecule has 1 aromatic carbocycles. The van der Waals surface area contributed by atoms with Gasteiger partial charge in [-0.25, -0.2) is 4.79 Å². The van der Waals surface area contributed by atoms with Crippen LogP contribution in [0.1, 0.15) is 41.5 Å². The summed E-state index contributed by atoms with van der Waals surface area (Å²) < 4.78 is 5.31. The van der Waals surface area contributed by atoms with Gasteiger partial charge in [0.25, 0.3) is 11.8 Å². The maximum atomic E-state index is 12.5. The normalized spacial score (nSPS) is 20.8. The molecule has 1 aromatic rings. The molecule has 0 saturated carbocycles. The topological polar surface area (TPSA) is 95.9 Å². The van der Waals surface area contributed by atoms with E-state index >= 15 is 0 Å². The quantitative estimate of drug-likeness (QED) is 0.861. The van der Waals surface area contributed by atoms with Gasteiger partial charge in [0.1, 0.15) is 0 Å². The van der Waals surface area contributed by atoms with E-state index in [0.717, 1.165) is 0 Å². The third kappa shape index (κ3) is 4.32. The zero-order valence-electron chi connectivity index (χ0n) is 14.0. The predicted molar refractivity (Wildman–Crippen MR) is 86.9 cm³/mol. The number of carbonyl (C=O) groups excluding carboxylic acids is 2. The van der Waals surface area contributed by atoms with Gasteiger partial charge >= 0.3 is 5.97 Å². The summed E-state index contributed by atoms with van der Waals surface area (Å²) in [4.78, 5) is 37.0. The van der Waals surface area contributed by atoms with E-state index in [1.807, 2.05) is 13.8 Å². The molecule has 0 aliphatic carbocycles. The number of ether oxygens (including phenoxy) is 1. The van der Waals surface area contributed by atoms with Crippen LogP contribution >= 0.6 is 0 Å². The smallest absolute Gasteiger partial charge is 0.334 e. The zero-order chi connectivity index (χ0) is 17.9. The molecule has 7 nitrogen and oxygen atoms in total. The minimum Gasteiger partial charge on any atom is -0.479 e. The fourth-order valence-corrected chi connectivity index (χ4v) is 2.55. The average Bonchev–Trinajstić information content (AvgIpc) is 2.53. The van der Waals surface area contributed by atoms with Crippen LogP contribution in [-0.4, -0.2) is 59.1 Å². The molecule has 2 N–H and O–H groups in total. The maximum Gasteiger partial charge on any atom is 0.334 e. The highest BCUT2D eigenvalue weighted by molar-refractivity contribution is 5.98. The Hall–Kier alpha value is -2.41. The van der Waals surface area contributed by atoms with Crippen LogP contribution in [0.5, 0.6) is 0 Å². The van der Waals surface area contributed by atoms with Gasteiger partial charge < -0.3 is 20.1 Å². The summed E-state index contributed by atoms with van der Waals surface area (Å²) >= 11 is 0. The summed E-state index contributed by atoms with van der Waals surface area (Å²) in [6.07, 6.45) is -1.37. The molecule has 7 heteroatoms. The molecule has 130 valence electrons. The first-order valence-electron chi connectivity index (χ1n) is 7.86. The largest absolute Gasteiger partial charge is 0.479 e. The number of hydrogen-bond acceptors (Lipinski definition) is 4. The second-order valence-electron chi connectivity index (χ2n) is 6.19. The Labute approximate surface area is 140 Å². The molecule has 2 amide bonds. The van der Waals surface area contributed by atoms with Crippen molar-refractivity contribution in [2.45, 2.75) is 39.0 Å². The molecular formula is C17H22N2O5. The van der Waals surface area contributed by atoms with E-state index in [0.29, 0.717) is 17.7 Å². The number of rotatable bonds is 4. The Bertz CT molecular complexity index is 626. The van der Waals surface area contributed by atoms with Gasteiger partial charge in [0, 0.05) is 23.7 Å². The van der Waals surface area contributed by atoms with Crippen LogP contribution in [0.4, 0.5) is 0 Å². The van der Waals surface area contributed by atoms with Crippen molar-refractivity contribution in [3.8, 4) is 0 Å². The molecule has 1 heterocycles. The molecule has 0 bridgehead atoms. The fourth-order valence-electron chi connectivity index (χ4n) is 2.55. The highest BCUT2D eigenvalue weighted by Crippen LogP contribution is 2.15.